The van der Waals surface area contributed by atoms with E-state index < -0.39 is 11.7 Å². The minimum atomic E-state index is -0.519. The largest absolute Gasteiger partial charge is 0.393 e. The van der Waals surface area contributed by atoms with Crippen molar-refractivity contribution in [2.75, 3.05) is 48.8 Å². The summed E-state index contributed by atoms with van der Waals surface area (Å²) < 4.78 is 14.9. The second-order valence-electron chi connectivity index (χ2n) is 10.6. The standard InChI is InChI=1S/C31H37FN6O2/c1-21(31(40)36-25-16-28(32)30(35-19-25)38-12-8-26(39)9-13-38)27-15-23(6-7-29(27)33-2)24-14-22(17-34-18-24)20-37-10-4-3-5-11-37/h6-7,14-19,26,33,39H,1,3-5,8-13,20H2,2H3,(H,36,40). The van der Waals surface area contributed by atoms with Crippen LogP contribution in [-0.2, 0) is 11.3 Å². The molecule has 0 saturated carbocycles. The zero-order valence-corrected chi connectivity index (χ0v) is 23.0. The average Bonchev–Trinajstić information content (AvgIpc) is 2.98. The van der Waals surface area contributed by atoms with Gasteiger partial charge in [-0.2, -0.15) is 0 Å². The molecule has 0 unspecified atom stereocenters. The molecule has 2 aliphatic rings. The van der Waals surface area contributed by atoms with Gasteiger partial charge in [0.05, 0.1) is 18.0 Å². The number of likely N-dealkylation sites (tertiary alicyclic amines) is 1. The number of hydrogen-bond acceptors (Lipinski definition) is 7. The molecule has 0 bridgehead atoms. The smallest absolute Gasteiger partial charge is 0.255 e. The Morgan fingerprint density at radius 3 is 2.55 bits per heavy atom. The highest BCUT2D eigenvalue weighted by molar-refractivity contribution is 6.25. The van der Waals surface area contributed by atoms with Crippen molar-refractivity contribution >= 4 is 28.7 Å². The maximum atomic E-state index is 14.9. The average molecular weight is 545 g/mol. The first-order valence-electron chi connectivity index (χ1n) is 14.0. The molecule has 1 amide bonds. The lowest BCUT2D eigenvalue weighted by Gasteiger charge is -2.30. The molecule has 210 valence electrons. The molecule has 0 radical (unpaired) electrons. The first-order valence-corrected chi connectivity index (χ1v) is 14.0. The fourth-order valence-electron chi connectivity index (χ4n) is 5.44. The highest BCUT2D eigenvalue weighted by Crippen LogP contribution is 2.31. The summed E-state index contributed by atoms with van der Waals surface area (Å²) in [6.07, 6.45) is 9.77. The summed E-state index contributed by atoms with van der Waals surface area (Å²) >= 11 is 0. The Morgan fingerprint density at radius 1 is 1.05 bits per heavy atom. The number of pyridine rings is 2. The number of nitrogens with one attached hydrogen (secondary N) is 2. The van der Waals surface area contributed by atoms with E-state index in [1.165, 1.54) is 31.5 Å². The van der Waals surface area contributed by atoms with Crippen LogP contribution in [0, 0.1) is 5.82 Å². The Bertz CT molecular complexity index is 1370. The molecule has 40 heavy (non-hydrogen) atoms. The van der Waals surface area contributed by atoms with Crippen LogP contribution in [0.1, 0.15) is 43.2 Å². The van der Waals surface area contributed by atoms with Crippen LogP contribution < -0.4 is 15.5 Å². The Balaban J connectivity index is 1.31. The molecule has 8 nitrogen and oxygen atoms in total. The molecule has 4 heterocycles. The van der Waals surface area contributed by atoms with Gasteiger partial charge >= 0.3 is 0 Å². The van der Waals surface area contributed by atoms with Crippen LogP contribution in [-0.4, -0.2) is 65.2 Å². The number of hydrogen-bond donors (Lipinski definition) is 3. The molecular weight excluding hydrogens is 507 g/mol. The Hall–Kier alpha value is -3.82. The van der Waals surface area contributed by atoms with Gasteiger partial charge in [-0.3, -0.25) is 14.7 Å². The molecule has 2 aromatic heterocycles. The van der Waals surface area contributed by atoms with Crippen molar-refractivity contribution in [3.63, 3.8) is 0 Å². The summed E-state index contributed by atoms with van der Waals surface area (Å²) in [6.45, 7) is 8.24. The molecule has 2 fully saturated rings. The Morgan fingerprint density at radius 2 is 1.82 bits per heavy atom. The summed E-state index contributed by atoms with van der Waals surface area (Å²) in [5.41, 5.74) is 4.97. The SMILES string of the molecule is C=C(C(=O)Nc1cnc(N2CCC(O)CC2)c(F)c1)c1cc(-c2cncc(CN3CCCCC3)c2)ccc1NC. The number of anilines is 3. The molecule has 0 atom stereocenters. The number of carbonyl (C=O) groups excluding carboxylic acids is 1. The molecule has 3 aromatic rings. The summed E-state index contributed by atoms with van der Waals surface area (Å²) in [7, 11) is 1.79. The fraction of sp³-hybridized carbons (Fsp3) is 0.387. The highest BCUT2D eigenvalue weighted by atomic mass is 19.1. The van der Waals surface area contributed by atoms with E-state index in [9.17, 15) is 14.3 Å². The van der Waals surface area contributed by atoms with E-state index in [2.05, 4.69) is 38.1 Å². The van der Waals surface area contributed by atoms with Crippen molar-refractivity contribution in [1.82, 2.24) is 14.9 Å². The minimum Gasteiger partial charge on any atom is -0.393 e. The lowest BCUT2D eigenvalue weighted by atomic mass is 9.97. The number of amides is 1. The quantitative estimate of drug-likeness (QED) is 0.347. The first kappa shape index (κ1) is 27.7. The number of rotatable bonds is 8. The summed E-state index contributed by atoms with van der Waals surface area (Å²) in [5.74, 6) is -0.736. The van der Waals surface area contributed by atoms with Gasteiger partial charge in [0.1, 0.15) is 0 Å². The number of aliphatic hydroxyl groups is 1. The van der Waals surface area contributed by atoms with Gasteiger partial charge in [-0.15, -0.1) is 0 Å². The van der Waals surface area contributed by atoms with Gasteiger partial charge in [-0.05, 0) is 68.1 Å². The summed E-state index contributed by atoms with van der Waals surface area (Å²) in [5, 5.41) is 15.6. The second kappa shape index (κ2) is 12.6. The van der Waals surface area contributed by atoms with Crippen LogP contribution in [0.2, 0.25) is 0 Å². The van der Waals surface area contributed by atoms with Crippen LogP contribution in [0.5, 0.6) is 0 Å². The highest BCUT2D eigenvalue weighted by Gasteiger charge is 2.22. The zero-order chi connectivity index (χ0) is 28.1. The fourth-order valence-corrected chi connectivity index (χ4v) is 5.44. The van der Waals surface area contributed by atoms with Crippen molar-refractivity contribution in [2.45, 2.75) is 44.8 Å². The van der Waals surface area contributed by atoms with E-state index in [1.807, 2.05) is 35.5 Å². The van der Waals surface area contributed by atoms with E-state index in [-0.39, 0.29) is 23.2 Å². The van der Waals surface area contributed by atoms with E-state index in [0.717, 1.165) is 42.0 Å². The molecule has 3 N–H and O–H groups in total. The van der Waals surface area contributed by atoms with E-state index in [1.54, 1.807) is 7.05 Å². The number of piperidine rings is 2. The molecule has 1 aromatic carbocycles. The predicted molar refractivity (Wildman–Crippen MR) is 158 cm³/mol. The van der Waals surface area contributed by atoms with Crippen LogP contribution in [0.25, 0.3) is 16.7 Å². The molecule has 5 rings (SSSR count). The van der Waals surface area contributed by atoms with Crippen molar-refractivity contribution in [3.05, 3.63) is 72.4 Å². The number of benzene rings is 1. The number of nitrogens with zero attached hydrogens (tertiary/aromatic N) is 4. The third-order valence-electron chi connectivity index (χ3n) is 7.71. The van der Waals surface area contributed by atoms with Crippen LogP contribution in [0.4, 0.5) is 21.6 Å². The van der Waals surface area contributed by atoms with Crippen molar-refractivity contribution in [1.29, 1.82) is 0 Å². The third kappa shape index (κ3) is 6.48. The molecule has 0 aliphatic carbocycles. The Kier molecular flexibility index (Phi) is 8.72. The number of carbonyl (C=O) groups is 1. The summed E-state index contributed by atoms with van der Waals surface area (Å²) in [4.78, 5) is 26.2. The van der Waals surface area contributed by atoms with Crippen molar-refractivity contribution < 1.29 is 14.3 Å². The van der Waals surface area contributed by atoms with E-state index in [0.29, 0.717) is 31.5 Å². The van der Waals surface area contributed by atoms with Gasteiger partial charge in [0.15, 0.2) is 11.6 Å². The normalized spacial score (nSPS) is 16.5. The molecule has 9 heteroatoms. The van der Waals surface area contributed by atoms with Crippen LogP contribution >= 0.6 is 0 Å². The van der Waals surface area contributed by atoms with Crippen molar-refractivity contribution in [3.8, 4) is 11.1 Å². The predicted octanol–water partition coefficient (Wildman–Crippen LogP) is 4.92. The van der Waals surface area contributed by atoms with Crippen LogP contribution in [0.15, 0.2) is 55.5 Å². The van der Waals surface area contributed by atoms with Crippen LogP contribution in [0.3, 0.4) is 0 Å². The topological polar surface area (TPSA) is 93.6 Å². The number of aliphatic hydroxyl groups excluding tert-OH is 1. The maximum absolute atomic E-state index is 14.9. The molecule has 0 spiro atoms. The number of halogens is 1. The zero-order valence-electron chi connectivity index (χ0n) is 23.0. The third-order valence-corrected chi connectivity index (χ3v) is 7.71. The monoisotopic (exact) mass is 544 g/mol. The van der Waals surface area contributed by atoms with E-state index in [4.69, 9.17) is 0 Å². The lowest BCUT2D eigenvalue weighted by molar-refractivity contribution is -0.111. The van der Waals surface area contributed by atoms with Gasteiger partial charge in [-0.1, -0.05) is 19.1 Å². The summed E-state index contributed by atoms with van der Waals surface area (Å²) in [6, 6.07) is 9.28. The molecular formula is C31H37FN6O2. The van der Waals surface area contributed by atoms with Gasteiger partial charge in [0, 0.05) is 67.5 Å². The molecule has 2 aliphatic heterocycles. The van der Waals surface area contributed by atoms with Gasteiger partial charge in [0.2, 0.25) is 0 Å². The Labute approximate surface area is 234 Å². The van der Waals surface area contributed by atoms with Gasteiger partial charge in [0.25, 0.3) is 5.91 Å². The van der Waals surface area contributed by atoms with E-state index >= 15 is 0 Å². The van der Waals surface area contributed by atoms with Gasteiger partial charge in [-0.25, -0.2) is 9.37 Å². The number of aromatic nitrogens is 2. The van der Waals surface area contributed by atoms with Gasteiger partial charge < -0.3 is 20.6 Å². The lowest BCUT2D eigenvalue weighted by Crippen LogP contribution is -2.36. The maximum Gasteiger partial charge on any atom is 0.255 e. The first-order chi connectivity index (χ1) is 19.4. The minimum absolute atomic E-state index is 0.227. The van der Waals surface area contributed by atoms with Crippen molar-refractivity contribution in [2.24, 2.45) is 0 Å². The second-order valence-corrected chi connectivity index (χ2v) is 10.6. The molecule has 2 saturated heterocycles.